The number of carboxylic acids is 1. The van der Waals surface area contributed by atoms with Crippen molar-refractivity contribution in [1.29, 1.82) is 0 Å². The van der Waals surface area contributed by atoms with E-state index in [1.165, 1.54) is 4.90 Å². The number of carbonyl (C=O) groups excluding carboxylic acids is 1. The number of amides is 1. The van der Waals surface area contributed by atoms with Crippen LogP contribution in [-0.4, -0.2) is 41.1 Å². The van der Waals surface area contributed by atoms with Gasteiger partial charge in [-0.3, -0.25) is 4.79 Å². The lowest BCUT2D eigenvalue weighted by Gasteiger charge is -2.25. The van der Waals surface area contributed by atoms with E-state index in [1.807, 2.05) is 18.2 Å². The average Bonchev–Trinajstić information content (AvgIpc) is 2.95. The van der Waals surface area contributed by atoms with Crippen LogP contribution in [0.2, 0.25) is 0 Å². The smallest absolute Gasteiger partial charge is 0.326 e. The van der Waals surface area contributed by atoms with Gasteiger partial charge >= 0.3 is 5.97 Å². The van der Waals surface area contributed by atoms with E-state index >= 15 is 0 Å². The number of hydrogen-bond donors (Lipinski definition) is 1. The Labute approximate surface area is 130 Å². The van der Waals surface area contributed by atoms with Crippen molar-refractivity contribution in [2.45, 2.75) is 18.9 Å². The van der Waals surface area contributed by atoms with Crippen molar-refractivity contribution < 1.29 is 19.4 Å². The van der Waals surface area contributed by atoms with Crippen LogP contribution in [0.15, 0.2) is 28.2 Å². The van der Waals surface area contributed by atoms with Crippen molar-refractivity contribution in [2.75, 3.05) is 13.2 Å². The fraction of sp³-hybridized carbons (Fsp3) is 0.333. The number of rotatable bonds is 2. The summed E-state index contributed by atoms with van der Waals surface area (Å²) in [4.78, 5) is 25.1. The first-order valence-corrected chi connectivity index (χ1v) is 7.52. The molecule has 0 aliphatic carbocycles. The van der Waals surface area contributed by atoms with Gasteiger partial charge in [0.15, 0.2) is 0 Å². The molecule has 1 aromatic rings. The Hall–Kier alpha value is -1.82. The lowest BCUT2D eigenvalue weighted by atomic mass is 10.1. The minimum atomic E-state index is -0.943. The summed E-state index contributed by atoms with van der Waals surface area (Å²) in [6, 6.07) is 4.87. The van der Waals surface area contributed by atoms with Crippen LogP contribution in [0.4, 0.5) is 0 Å². The molecule has 1 N–H and O–H groups in total. The van der Waals surface area contributed by atoms with Crippen LogP contribution in [0, 0.1) is 0 Å². The van der Waals surface area contributed by atoms with Crippen LogP contribution in [0.1, 0.15) is 18.4 Å². The summed E-state index contributed by atoms with van der Waals surface area (Å²) in [5.74, 6) is -0.460. The summed E-state index contributed by atoms with van der Waals surface area (Å²) >= 11 is 3.38. The van der Waals surface area contributed by atoms with Crippen molar-refractivity contribution in [3.63, 3.8) is 0 Å². The van der Waals surface area contributed by atoms with Crippen LogP contribution in [0.5, 0.6) is 5.75 Å². The number of carbonyl (C=O) groups is 2. The lowest BCUT2D eigenvalue weighted by Crippen LogP contribution is -2.42. The van der Waals surface area contributed by atoms with Crippen molar-refractivity contribution in [3.05, 3.63) is 33.8 Å². The molecular formula is C15H14BrNO4. The number of carboxylic acid groups (broad SMARTS) is 1. The van der Waals surface area contributed by atoms with Gasteiger partial charge in [-0.2, -0.15) is 0 Å². The second-order valence-electron chi connectivity index (χ2n) is 5.14. The van der Waals surface area contributed by atoms with E-state index in [9.17, 15) is 14.7 Å². The molecule has 0 bridgehead atoms. The van der Waals surface area contributed by atoms with Crippen molar-refractivity contribution >= 4 is 33.9 Å². The third-order valence-electron chi connectivity index (χ3n) is 3.76. The number of halogens is 1. The largest absolute Gasteiger partial charge is 0.488 e. The summed E-state index contributed by atoms with van der Waals surface area (Å²) in [5.41, 5.74) is 1.32. The highest BCUT2D eigenvalue weighted by atomic mass is 79.9. The zero-order valence-electron chi connectivity index (χ0n) is 11.2. The van der Waals surface area contributed by atoms with E-state index in [4.69, 9.17) is 4.74 Å². The van der Waals surface area contributed by atoms with Gasteiger partial charge < -0.3 is 14.7 Å². The molecule has 0 saturated carbocycles. The minimum absolute atomic E-state index is 0.177. The van der Waals surface area contributed by atoms with Crippen molar-refractivity contribution in [1.82, 2.24) is 4.90 Å². The number of fused-ring (bicyclic) bond motifs is 1. The Kier molecular flexibility index (Phi) is 3.71. The molecule has 6 heteroatoms. The Morgan fingerprint density at radius 1 is 1.38 bits per heavy atom. The molecule has 1 fully saturated rings. The number of likely N-dealkylation sites (tertiary alicyclic amines) is 1. The molecule has 21 heavy (non-hydrogen) atoms. The molecule has 5 nitrogen and oxygen atoms in total. The summed E-state index contributed by atoms with van der Waals surface area (Å²) < 4.78 is 6.49. The highest BCUT2D eigenvalue weighted by Gasteiger charge is 2.35. The Balaban J connectivity index is 1.87. The highest BCUT2D eigenvalue weighted by Crippen LogP contribution is 2.30. The molecule has 3 rings (SSSR count). The van der Waals surface area contributed by atoms with Gasteiger partial charge in [-0.05, 0) is 37.1 Å². The normalized spacial score (nSPS) is 20.5. The van der Waals surface area contributed by atoms with Gasteiger partial charge in [-0.25, -0.2) is 4.79 Å². The number of benzene rings is 1. The van der Waals surface area contributed by atoms with Gasteiger partial charge in [0.2, 0.25) is 0 Å². The van der Waals surface area contributed by atoms with Crippen LogP contribution < -0.4 is 4.74 Å². The lowest BCUT2D eigenvalue weighted by molar-refractivity contribution is -0.147. The van der Waals surface area contributed by atoms with Crippen LogP contribution >= 0.6 is 15.9 Å². The standard InChI is InChI=1S/C15H14BrNO4/c16-11-3-4-13-9(7-11)6-10(8-21-13)14(18)17-5-1-2-12(17)15(19)20/h3-4,6-7,12H,1-2,5,8H2,(H,19,20)/t12-/m1/s1. The van der Waals surface area contributed by atoms with E-state index in [1.54, 1.807) is 6.08 Å². The van der Waals surface area contributed by atoms with Gasteiger partial charge in [0, 0.05) is 16.6 Å². The molecule has 0 spiro atoms. The predicted molar refractivity (Wildman–Crippen MR) is 80.0 cm³/mol. The fourth-order valence-electron chi connectivity index (χ4n) is 2.72. The van der Waals surface area contributed by atoms with E-state index in [0.29, 0.717) is 18.5 Å². The van der Waals surface area contributed by atoms with Gasteiger partial charge in [0.25, 0.3) is 5.91 Å². The van der Waals surface area contributed by atoms with Gasteiger partial charge in [-0.1, -0.05) is 15.9 Å². The zero-order valence-corrected chi connectivity index (χ0v) is 12.8. The van der Waals surface area contributed by atoms with Crippen molar-refractivity contribution in [3.8, 4) is 5.75 Å². The molecular weight excluding hydrogens is 338 g/mol. The maximum absolute atomic E-state index is 12.5. The number of ether oxygens (including phenoxy) is 1. The average molecular weight is 352 g/mol. The fourth-order valence-corrected chi connectivity index (χ4v) is 3.10. The zero-order chi connectivity index (χ0) is 15.0. The number of hydrogen-bond acceptors (Lipinski definition) is 3. The van der Waals surface area contributed by atoms with Crippen LogP contribution in [-0.2, 0) is 9.59 Å². The summed E-state index contributed by atoms with van der Waals surface area (Å²) in [6.45, 7) is 0.661. The third-order valence-corrected chi connectivity index (χ3v) is 4.25. The highest BCUT2D eigenvalue weighted by molar-refractivity contribution is 9.10. The maximum Gasteiger partial charge on any atom is 0.326 e. The van der Waals surface area contributed by atoms with Gasteiger partial charge in [0.05, 0.1) is 5.57 Å². The molecule has 2 aliphatic rings. The molecule has 2 heterocycles. The molecule has 1 atom stereocenters. The molecule has 1 aromatic carbocycles. The van der Waals surface area contributed by atoms with Crippen LogP contribution in [0.25, 0.3) is 6.08 Å². The van der Waals surface area contributed by atoms with E-state index < -0.39 is 12.0 Å². The molecule has 1 amide bonds. The first kappa shape index (κ1) is 14.1. The van der Waals surface area contributed by atoms with E-state index in [-0.39, 0.29) is 12.5 Å². The first-order valence-electron chi connectivity index (χ1n) is 6.73. The summed E-state index contributed by atoms with van der Waals surface area (Å²) in [6.07, 6.45) is 3.01. The van der Waals surface area contributed by atoms with E-state index in [2.05, 4.69) is 15.9 Å². The topological polar surface area (TPSA) is 66.8 Å². The second kappa shape index (κ2) is 5.52. The minimum Gasteiger partial charge on any atom is -0.488 e. The molecule has 0 unspecified atom stereocenters. The number of aliphatic carboxylic acids is 1. The van der Waals surface area contributed by atoms with Crippen molar-refractivity contribution in [2.24, 2.45) is 0 Å². The second-order valence-corrected chi connectivity index (χ2v) is 6.05. The summed E-state index contributed by atoms with van der Waals surface area (Å²) in [5, 5.41) is 9.17. The quantitative estimate of drug-likeness (QED) is 0.887. The molecule has 0 aromatic heterocycles. The maximum atomic E-state index is 12.5. The van der Waals surface area contributed by atoms with E-state index in [0.717, 1.165) is 22.2 Å². The molecule has 0 radical (unpaired) electrons. The summed E-state index contributed by atoms with van der Waals surface area (Å²) in [7, 11) is 0. The Morgan fingerprint density at radius 2 is 2.19 bits per heavy atom. The molecule has 1 saturated heterocycles. The SMILES string of the molecule is O=C(O)[C@H]1CCCN1C(=O)C1=Cc2cc(Br)ccc2OC1. The van der Waals surface area contributed by atoms with Gasteiger partial charge in [0.1, 0.15) is 18.4 Å². The Morgan fingerprint density at radius 3 is 2.95 bits per heavy atom. The monoisotopic (exact) mass is 351 g/mol. The number of nitrogens with zero attached hydrogens (tertiary/aromatic N) is 1. The third kappa shape index (κ3) is 2.68. The Bertz CT molecular complexity index is 641. The molecule has 2 aliphatic heterocycles. The van der Waals surface area contributed by atoms with Gasteiger partial charge in [-0.15, -0.1) is 0 Å². The first-order chi connectivity index (χ1) is 10.1. The predicted octanol–water partition coefficient (Wildman–Crippen LogP) is 2.30. The molecule has 110 valence electrons. The van der Waals surface area contributed by atoms with Crippen LogP contribution in [0.3, 0.4) is 0 Å².